The molecular weight excluding hydrogens is 304 g/mol. The summed E-state index contributed by atoms with van der Waals surface area (Å²) < 4.78 is 5.44. The van der Waals surface area contributed by atoms with Crippen LogP contribution in [0.15, 0.2) is 30.5 Å². The molecule has 1 atom stereocenters. The topological polar surface area (TPSA) is 25.4 Å². The second kappa shape index (κ2) is 5.37. The predicted molar refractivity (Wildman–Crippen MR) is 82.5 cm³/mol. The summed E-state index contributed by atoms with van der Waals surface area (Å²) in [6.45, 7) is 2.09. The number of hydrogen-bond donors (Lipinski definition) is 0. The van der Waals surface area contributed by atoms with Crippen molar-refractivity contribution in [2.24, 2.45) is 0 Å². The number of benzene rings is 1. The van der Waals surface area contributed by atoms with Gasteiger partial charge in [0, 0.05) is 34.9 Å². The van der Waals surface area contributed by atoms with Crippen LogP contribution in [-0.4, -0.2) is 30.0 Å². The Morgan fingerprint density at radius 2 is 2.21 bits per heavy atom. The Kier molecular flexibility index (Phi) is 3.60. The van der Waals surface area contributed by atoms with Crippen molar-refractivity contribution >= 4 is 32.5 Å². The van der Waals surface area contributed by atoms with Gasteiger partial charge in [-0.1, -0.05) is 28.1 Å². The van der Waals surface area contributed by atoms with Gasteiger partial charge < -0.3 is 9.64 Å². The van der Waals surface area contributed by atoms with Gasteiger partial charge in [0.05, 0.1) is 7.11 Å². The molecule has 0 saturated carbocycles. The molecule has 1 unspecified atom stereocenters. The van der Waals surface area contributed by atoms with Gasteiger partial charge in [0.15, 0.2) is 0 Å². The SMILES string of the molecule is COc1cccc2c(N3CCCC(Br)C3)nccc12. The lowest BCUT2D eigenvalue weighted by atomic mass is 10.1. The van der Waals surface area contributed by atoms with E-state index in [-0.39, 0.29) is 0 Å². The number of fused-ring (bicyclic) bond motifs is 1. The first-order valence-corrected chi connectivity index (χ1v) is 7.52. The first-order chi connectivity index (χ1) is 9.29. The van der Waals surface area contributed by atoms with Crippen LogP contribution in [0.3, 0.4) is 0 Å². The van der Waals surface area contributed by atoms with E-state index in [4.69, 9.17) is 4.74 Å². The van der Waals surface area contributed by atoms with Crippen LogP contribution in [0.5, 0.6) is 5.75 Å². The monoisotopic (exact) mass is 320 g/mol. The number of piperidine rings is 1. The number of nitrogens with zero attached hydrogens (tertiary/aromatic N) is 2. The van der Waals surface area contributed by atoms with Crippen molar-refractivity contribution in [3.8, 4) is 5.75 Å². The van der Waals surface area contributed by atoms with E-state index in [1.807, 2.05) is 24.4 Å². The highest BCUT2D eigenvalue weighted by Crippen LogP contribution is 2.32. The van der Waals surface area contributed by atoms with E-state index in [1.165, 1.54) is 18.2 Å². The Labute approximate surface area is 121 Å². The molecule has 1 aromatic carbocycles. The zero-order valence-electron chi connectivity index (χ0n) is 11.0. The molecule has 100 valence electrons. The van der Waals surface area contributed by atoms with Crippen LogP contribution < -0.4 is 9.64 Å². The maximum absolute atomic E-state index is 5.44. The van der Waals surface area contributed by atoms with Gasteiger partial charge >= 0.3 is 0 Å². The molecule has 2 aromatic rings. The Hall–Kier alpha value is -1.29. The van der Waals surface area contributed by atoms with Gasteiger partial charge in [0.1, 0.15) is 11.6 Å². The lowest BCUT2D eigenvalue weighted by Crippen LogP contribution is -2.36. The van der Waals surface area contributed by atoms with Crippen LogP contribution in [0.4, 0.5) is 5.82 Å². The number of aromatic nitrogens is 1. The first kappa shape index (κ1) is 12.7. The third kappa shape index (κ3) is 2.41. The molecule has 1 aliphatic heterocycles. The molecule has 0 bridgehead atoms. The molecular formula is C15H17BrN2O. The Bertz CT molecular complexity index is 587. The fourth-order valence-electron chi connectivity index (χ4n) is 2.71. The van der Waals surface area contributed by atoms with Crippen LogP contribution in [0.1, 0.15) is 12.8 Å². The third-order valence-electron chi connectivity index (χ3n) is 3.63. The number of halogens is 1. The minimum absolute atomic E-state index is 0.559. The van der Waals surface area contributed by atoms with Gasteiger partial charge in [0.25, 0.3) is 0 Å². The molecule has 4 heteroatoms. The summed E-state index contributed by atoms with van der Waals surface area (Å²) in [5.74, 6) is 1.98. The molecule has 0 radical (unpaired) electrons. The second-order valence-corrected chi connectivity index (χ2v) is 6.17. The summed E-state index contributed by atoms with van der Waals surface area (Å²) in [6.07, 6.45) is 4.32. The molecule has 1 aliphatic rings. The van der Waals surface area contributed by atoms with Gasteiger partial charge in [-0.2, -0.15) is 0 Å². The van der Waals surface area contributed by atoms with Crippen molar-refractivity contribution in [3.63, 3.8) is 0 Å². The van der Waals surface area contributed by atoms with Crippen molar-refractivity contribution in [1.29, 1.82) is 0 Å². The van der Waals surface area contributed by atoms with Gasteiger partial charge in [-0.05, 0) is 25.0 Å². The third-order valence-corrected chi connectivity index (χ3v) is 4.38. The summed E-state index contributed by atoms with van der Waals surface area (Å²) in [5.41, 5.74) is 0. The Balaban J connectivity index is 2.08. The van der Waals surface area contributed by atoms with Crippen molar-refractivity contribution < 1.29 is 4.74 Å². The molecule has 0 spiro atoms. The van der Waals surface area contributed by atoms with E-state index < -0.39 is 0 Å². The molecule has 3 nitrogen and oxygen atoms in total. The fourth-order valence-corrected chi connectivity index (χ4v) is 3.38. The van der Waals surface area contributed by atoms with E-state index >= 15 is 0 Å². The summed E-state index contributed by atoms with van der Waals surface area (Å²) >= 11 is 3.72. The van der Waals surface area contributed by atoms with Gasteiger partial charge in [-0.25, -0.2) is 4.98 Å². The number of methoxy groups -OCH3 is 1. The number of anilines is 1. The quantitative estimate of drug-likeness (QED) is 0.790. The molecule has 0 N–H and O–H groups in total. The summed E-state index contributed by atoms with van der Waals surface area (Å²) in [5, 5.41) is 2.30. The Morgan fingerprint density at radius 3 is 3.00 bits per heavy atom. The molecule has 3 rings (SSSR count). The molecule has 1 saturated heterocycles. The van der Waals surface area contributed by atoms with Gasteiger partial charge in [0.2, 0.25) is 0 Å². The summed E-state index contributed by atoms with van der Waals surface area (Å²) in [6, 6.07) is 8.17. The highest BCUT2D eigenvalue weighted by molar-refractivity contribution is 9.09. The minimum atomic E-state index is 0.559. The highest BCUT2D eigenvalue weighted by Gasteiger charge is 2.20. The zero-order chi connectivity index (χ0) is 13.2. The molecule has 19 heavy (non-hydrogen) atoms. The molecule has 0 amide bonds. The zero-order valence-corrected chi connectivity index (χ0v) is 12.6. The van der Waals surface area contributed by atoms with Crippen LogP contribution in [-0.2, 0) is 0 Å². The van der Waals surface area contributed by atoms with Crippen LogP contribution in [0, 0.1) is 0 Å². The average molecular weight is 321 g/mol. The van der Waals surface area contributed by atoms with Crippen molar-refractivity contribution in [2.45, 2.75) is 17.7 Å². The maximum Gasteiger partial charge on any atom is 0.136 e. The number of ether oxygens (including phenoxy) is 1. The number of alkyl halides is 1. The van der Waals surface area contributed by atoms with Crippen molar-refractivity contribution in [1.82, 2.24) is 4.98 Å². The molecule has 0 aliphatic carbocycles. The normalized spacial score (nSPS) is 19.7. The van der Waals surface area contributed by atoms with Crippen molar-refractivity contribution in [2.75, 3.05) is 25.1 Å². The average Bonchev–Trinajstić information content (AvgIpc) is 2.46. The largest absolute Gasteiger partial charge is 0.496 e. The van der Waals surface area contributed by atoms with E-state index in [0.29, 0.717) is 4.83 Å². The molecule has 1 aromatic heterocycles. The van der Waals surface area contributed by atoms with Crippen LogP contribution in [0.25, 0.3) is 10.8 Å². The first-order valence-electron chi connectivity index (χ1n) is 6.60. The van der Waals surface area contributed by atoms with E-state index in [2.05, 4.69) is 31.9 Å². The van der Waals surface area contributed by atoms with E-state index in [1.54, 1.807) is 7.11 Å². The lowest BCUT2D eigenvalue weighted by Gasteiger charge is -2.31. The second-order valence-electron chi connectivity index (χ2n) is 4.88. The number of pyridine rings is 1. The van der Waals surface area contributed by atoms with E-state index in [9.17, 15) is 0 Å². The summed E-state index contributed by atoms with van der Waals surface area (Å²) in [4.78, 5) is 7.51. The smallest absolute Gasteiger partial charge is 0.136 e. The van der Waals surface area contributed by atoms with E-state index in [0.717, 1.165) is 30.0 Å². The number of rotatable bonds is 2. The molecule has 2 heterocycles. The highest BCUT2D eigenvalue weighted by atomic mass is 79.9. The van der Waals surface area contributed by atoms with Gasteiger partial charge in [-0.15, -0.1) is 0 Å². The standard InChI is InChI=1S/C15H17BrN2O/c1-19-14-6-2-5-13-12(14)7-8-17-15(13)18-9-3-4-11(16)10-18/h2,5-8,11H,3-4,9-10H2,1H3. The van der Waals surface area contributed by atoms with Crippen molar-refractivity contribution in [3.05, 3.63) is 30.5 Å². The lowest BCUT2D eigenvalue weighted by molar-refractivity contribution is 0.420. The minimum Gasteiger partial charge on any atom is -0.496 e. The Morgan fingerprint density at radius 1 is 1.32 bits per heavy atom. The fraction of sp³-hybridized carbons (Fsp3) is 0.400. The molecule has 1 fully saturated rings. The van der Waals surface area contributed by atoms with Crippen LogP contribution >= 0.6 is 15.9 Å². The summed E-state index contributed by atoms with van der Waals surface area (Å²) in [7, 11) is 1.71. The van der Waals surface area contributed by atoms with Crippen LogP contribution in [0.2, 0.25) is 0 Å². The van der Waals surface area contributed by atoms with Gasteiger partial charge in [-0.3, -0.25) is 0 Å². The predicted octanol–water partition coefficient (Wildman–Crippen LogP) is 3.61. The maximum atomic E-state index is 5.44. The number of hydrogen-bond acceptors (Lipinski definition) is 3.